The zero-order valence-corrected chi connectivity index (χ0v) is 15.7. The van der Waals surface area contributed by atoms with Gasteiger partial charge >= 0.3 is 0 Å². The van der Waals surface area contributed by atoms with Gasteiger partial charge in [0.1, 0.15) is 11.4 Å². The smallest absolute Gasteiger partial charge is 0.295 e. The Hall–Kier alpha value is -3.28. The third-order valence-electron chi connectivity index (χ3n) is 4.38. The van der Waals surface area contributed by atoms with Crippen molar-refractivity contribution in [1.29, 1.82) is 0 Å². The maximum atomic E-state index is 12.9. The second kappa shape index (κ2) is 7.95. The first-order valence-electron chi connectivity index (χ1n) is 8.91. The molecule has 140 valence electrons. The summed E-state index contributed by atoms with van der Waals surface area (Å²) in [5, 5.41) is 2.75. The van der Waals surface area contributed by atoms with Crippen molar-refractivity contribution in [3.8, 4) is 11.4 Å². The van der Waals surface area contributed by atoms with Gasteiger partial charge in [-0.1, -0.05) is 25.1 Å². The van der Waals surface area contributed by atoms with Crippen LogP contribution in [0.4, 0.5) is 5.69 Å². The van der Waals surface area contributed by atoms with Crippen molar-refractivity contribution in [2.45, 2.75) is 20.3 Å². The number of amides is 1. The number of ether oxygens (including phenoxy) is 1. The van der Waals surface area contributed by atoms with Gasteiger partial charge in [-0.2, -0.15) is 0 Å². The molecule has 6 heteroatoms. The Balaban J connectivity index is 1.86. The summed E-state index contributed by atoms with van der Waals surface area (Å²) in [5.41, 5.74) is 1.90. The number of nitrogens with one attached hydrogen (secondary N) is 1. The topological polar surface area (TPSA) is 65.3 Å². The predicted octanol–water partition coefficient (Wildman–Crippen LogP) is 3.53. The quantitative estimate of drug-likeness (QED) is 0.727. The first kappa shape index (κ1) is 18.5. The Morgan fingerprint density at radius 1 is 1.07 bits per heavy atom. The van der Waals surface area contributed by atoms with Crippen LogP contribution in [0.5, 0.6) is 5.75 Å². The highest BCUT2D eigenvalue weighted by Gasteiger charge is 2.18. The number of carbonyl (C=O) groups excluding carboxylic acids is 1. The number of hydrogen-bond donors (Lipinski definition) is 1. The molecular weight excluding hydrogens is 342 g/mol. The molecule has 3 aromatic rings. The molecule has 0 aliphatic rings. The van der Waals surface area contributed by atoms with Gasteiger partial charge in [0, 0.05) is 12.6 Å². The van der Waals surface area contributed by atoms with Crippen LogP contribution >= 0.6 is 0 Å². The van der Waals surface area contributed by atoms with E-state index in [0.717, 1.165) is 17.9 Å². The van der Waals surface area contributed by atoms with Gasteiger partial charge in [-0.05, 0) is 49.7 Å². The lowest BCUT2D eigenvalue weighted by Crippen LogP contribution is -2.22. The van der Waals surface area contributed by atoms with Crippen LogP contribution in [0.25, 0.3) is 5.69 Å². The molecule has 0 aliphatic heterocycles. The predicted molar refractivity (Wildman–Crippen MR) is 106 cm³/mol. The van der Waals surface area contributed by atoms with Crippen LogP contribution in [0.3, 0.4) is 0 Å². The summed E-state index contributed by atoms with van der Waals surface area (Å²) in [6.07, 6.45) is 0.920. The van der Waals surface area contributed by atoms with Crippen molar-refractivity contribution in [3.63, 3.8) is 0 Å². The number of benzene rings is 2. The zero-order chi connectivity index (χ0) is 19.4. The lowest BCUT2D eigenvalue weighted by molar-refractivity contribution is 0.102. The summed E-state index contributed by atoms with van der Waals surface area (Å²) < 4.78 is 8.79. The number of rotatable bonds is 6. The van der Waals surface area contributed by atoms with Gasteiger partial charge in [0.25, 0.3) is 11.5 Å². The fourth-order valence-corrected chi connectivity index (χ4v) is 2.82. The molecule has 2 aromatic carbocycles. The van der Waals surface area contributed by atoms with Crippen LogP contribution in [0.15, 0.2) is 59.4 Å². The molecule has 0 unspecified atom stereocenters. The van der Waals surface area contributed by atoms with E-state index in [1.165, 1.54) is 4.68 Å². The maximum absolute atomic E-state index is 12.9. The normalized spacial score (nSPS) is 10.6. The molecule has 1 amide bonds. The van der Waals surface area contributed by atoms with Crippen molar-refractivity contribution in [2.24, 2.45) is 7.05 Å². The zero-order valence-electron chi connectivity index (χ0n) is 15.7. The van der Waals surface area contributed by atoms with Crippen molar-refractivity contribution in [1.82, 2.24) is 9.36 Å². The Morgan fingerprint density at radius 2 is 1.74 bits per heavy atom. The van der Waals surface area contributed by atoms with Crippen LogP contribution < -0.4 is 15.6 Å². The fraction of sp³-hybridized carbons (Fsp3) is 0.238. The maximum Gasteiger partial charge on any atom is 0.295 e. The van der Waals surface area contributed by atoms with Crippen LogP contribution in [0, 0.1) is 6.92 Å². The lowest BCUT2D eigenvalue weighted by atomic mass is 10.2. The molecule has 0 spiro atoms. The summed E-state index contributed by atoms with van der Waals surface area (Å²) in [7, 11) is 1.79. The molecular formula is C21H23N3O3. The number of para-hydroxylation sites is 1. The van der Waals surface area contributed by atoms with E-state index in [1.54, 1.807) is 42.9 Å². The number of anilines is 1. The molecule has 0 fully saturated rings. The minimum atomic E-state index is -0.331. The largest absolute Gasteiger partial charge is 0.494 e. The van der Waals surface area contributed by atoms with Gasteiger partial charge in [0.05, 0.1) is 18.0 Å². The molecule has 0 atom stereocenters. The second-order valence-electron chi connectivity index (χ2n) is 6.26. The van der Waals surface area contributed by atoms with Gasteiger partial charge < -0.3 is 10.1 Å². The number of nitrogens with zero attached hydrogens (tertiary/aromatic N) is 2. The molecule has 1 aromatic heterocycles. The van der Waals surface area contributed by atoms with E-state index >= 15 is 0 Å². The summed E-state index contributed by atoms with van der Waals surface area (Å²) >= 11 is 0. The van der Waals surface area contributed by atoms with Gasteiger partial charge in [-0.15, -0.1) is 0 Å². The second-order valence-corrected chi connectivity index (χ2v) is 6.26. The number of hydrogen-bond acceptors (Lipinski definition) is 3. The standard InChI is InChI=1S/C21H23N3O3/c1-4-14-27-18-12-10-16(11-13-18)20(25)22-19-15(2)23(3)24(21(19)26)17-8-6-5-7-9-17/h5-13H,4,14H2,1-3H3,(H,22,25). The van der Waals surface area contributed by atoms with Crippen molar-refractivity contribution >= 4 is 11.6 Å². The third-order valence-corrected chi connectivity index (χ3v) is 4.38. The number of carbonyl (C=O) groups is 1. The molecule has 6 nitrogen and oxygen atoms in total. The van der Waals surface area contributed by atoms with E-state index < -0.39 is 0 Å². The Morgan fingerprint density at radius 3 is 2.37 bits per heavy atom. The molecule has 3 rings (SSSR count). The summed E-state index contributed by atoms with van der Waals surface area (Å²) in [4.78, 5) is 25.4. The monoisotopic (exact) mass is 365 g/mol. The van der Waals surface area contributed by atoms with Gasteiger partial charge in [0.15, 0.2) is 0 Å². The van der Waals surface area contributed by atoms with Gasteiger partial charge in [-0.25, -0.2) is 4.68 Å². The minimum Gasteiger partial charge on any atom is -0.494 e. The van der Waals surface area contributed by atoms with Gasteiger partial charge in [0.2, 0.25) is 0 Å². The SMILES string of the molecule is CCCOc1ccc(C(=O)Nc2c(C)n(C)n(-c3ccccc3)c2=O)cc1. The molecule has 0 saturated heterocycles. The highest BCUT2D eigenvalue weighted by molar-refractivity contribution is 6.04. The fourth-order valence-electron chi connectivity index (χ4n) is 2.82. The number of aromatic nitrogens is 2. The van der Waals surface area contributed by atoms with Crippen LogP contribution in [-0.2, 0) is 7.05 Å². The molecule has 0 aliphatic carbocycles. The van der Waals surface area contributed by atoms with Crippen LogP contribution in [0.2, 0.25) is 0 Å². The minimum absolute atomic E-state index is 0.266. The highest BCUT2D eigenvalue weighted by atomic mass is 16.5. The van der Waals surface area contributed by atoms with E-state index in [9.17, 15) is 9.59 Å². The molecule has 0 bridgehead atoms. The van der Waals surface area contributed by atoms with Gasteiger partial charge in [-0.3, -0.25) is 14.3 Å². The highest BCUT2D eigenvalue weighted by Crippen LogP contribution is 2.17. The van der Waals surface area contributed by atoms with E-state index in [-0.39, 0.29) is 17.2 Å². The third kappa shape index (κ3) is 3.79. The lowest BCUT2D eigenvalue weighted by Gasteiger charge is -2.07. The van der Waals surface area contributed by atoms with Crippen molar-refractivity contribution < 1.29 is 9.53 Å². The Kier molecular flexibility index (Phi) is 5.45. The average molecular weight is 365 g/mol. The molecule has 27 heavy (non-hydrogen) atoms. The summed E-state index contributed by atoms with van der Waals surface area (Å²) in [5.74, 6) is 0.388. The first-order chi connectivity index (χ1) is 13.0. The van der Waals surface area contributed by atoms with E-state index in [0.29, 0.717) is 17.9 Å². The molecule has 1 heterocycles. The van der Waals surface area contributed by atoms with Crippen LogP contribution in [0.1, 0.15) is 29.4 Å². The Labute approximate surface area is 158 Å². The van der Waals surface area contributed by atoms with E-state index in [4.69, 9.17) is 4.74 Å². The molecule has 0 saturated carbocycles. The summed E-state index contributed by atoms with van der Waals surface area (Å²) in [6.45, 7) is 4.47. The molecule has 0 radical (unpaired) electrons. The van der Waals surface area contributed by atoms with Crippen LogP contribution in [-0.4, -0.2) is 21.9 Å². The molecule has 1 N–H and O–H groups in total. The van der Waals surface area contributed by atoms with E-state index in [2.05, 4.69) is 5.32 Å². The Bertz CT molecular complexity index is 986. The summed E-state index contributed by atoms with van der Waals surface area (Å²) in [6, 6.07) is 16.2. The van der Waals surface area contributed by atoms with Crippen molar-refractivity contribution in [2.75, 3.05) is 11.9 Å². The van der Waals surface area contributed by atoms with Crippen molar-refractivity contribution in [3.05, 3.63) is 76.2 Å². The first-order valence-corrected chi connectivity index (χ1v) is 8.91. The van der Waals surface area contributed by atoms with E-state index in [1.807, 2.05) is 37.3 Å². The average Bonchev–Trinajstić information content (AvgIpc) is 2.90.